The van der Waals surface area contributed by atoms with Crippen LogP contribution in [0.4, 0.5) is 8.78 Å². The van der Waals surface area contributed by atoms with Crippen LogP contribution < -0.4 is 10.6 Å². The Hall–Kier alpha value is -1.49. The van der Waals surface area contributed by atoms with E-state index in [4.69, 9.17) is 0 Å². The van der Waals surface area contributed by atoms with E-state index in [1.807, 2.05) is 0 Å². The Bertz CT molecular complexity index is 549. The highest BCUT2D eigenvalue weighted by Gasteiger charge is 2.45. The Kier molecular flexibility index (Phi) is 3.93. The summed E-state index contributed by atoms with van der Waals surface area (Å²) in [5.74, 6) is -1.27. The molecule has 2 N–H and O–H groups in total. The van der Waals surface area contributed by atoms with Gasteiger partial charge >= 0.3 is 0 Å². The van der Waals surface area contributed by atoms with Gasteiger partial charge in [0.1, 0.15) is 0 Å². The molecule has 2 fully saturated rings. The van der Waals surface area contributed by atoms with Gasteiger partial charge in [-0.2, -0.15) is 0 Å². The van der Waals surface area contributed by atoms with E-state index in [2.05, 4.69) is 17.6 Å². The summed E-state index contributed by atoms with van der Waals surface area (Å²) in [5, 5.41) is 6.37. The molecule has 2 aliphatic rings. The third-order valence-corrected chi connectivity index (χ3v) is 4.65. The van der Waals surface area contributed by atoms with Gasteiger partial charge in [-0.1, -0.05) is 13.0 Å². The van der Waals surface area contributed by atoms with Crippen LogP contribution in [0.25, 0.3) is 0 Å². The molecule has 1 aliphatic carbocycles. The Morgan fingerprint density at radius 1 is 1.33 bits per heavy atom. The van der Waals surface area contributed by atoms with Gasteiger partial charge in [-0.05, 0) is 48.9 Å². The van der Waals surface area contributed by atoms with Crippen LogP contribution in [0.1, 0.15) is 31.2 Å². The number of nitrogens with one attached hydrogen (secondary N) is 2. The maximum absolute atomic E-state index is 13.2. The van der Waals surface area contributed by atoms with E-state index in [0.717, 1.165) is 25.6 Å². The number of rotatable bonds is 3. The number of carbonyl (C=O) groups excluding carboxylic acids is 1. The van der Waals surface area contributed by atoms with Crippen LogP contribution in [-0.2, 0) is 4.79 Å². The number of amides is 1. The lowest BCUT2D eigenvalue weighted by atomic mass is 9.94. The monoisotopic (exact) mass is 294 g/mol. The Labute approximate surface area is 123 Å². The van der Waals surface area contributed by atoms with Crippen LogP contribution in [0.15, 0.2) is 18.2 Å². The molecule has 1 aromatic carbocycles. The number of hydrogen-bond acceptors (Lipinski definition) is 2. The quantitative estimate of drug-likeness (QED) is 0.897. The SMILES string of the molecule is CC1CCNCC1NC(=O)C1CC1c1ccc(F)c(F)c1. The van der Waals surface area contributed by atoms with Crippen LogP contribution in [0.5, 0.6) is 0 Å². The largest absolute Gasteiger partial charge is 0.352 e. The second kappa shape index (κ2) is 5.72. The third kappa shape index (κ3) is 3.07. The molecule has 0 radical (unpaired) electrons. The highest BCUT2D eigenvalue weighted by molar-refractivity contribution is 5.83. The Morgan fingerprint density at radius 2 is 2.14 bits per heavy atom. The van der Waals surface area contributed by atoms with Crippen molar-refractivity contribution in [2.24, 2.45) is 11.8 Å². The van der Waals surface area contributed by atoms with Crippen molar-refractivity contribution >= 4 is 5.91 Å². The number of carbonyl (C=O) groups is 1. The van der Waals surface area contributed by atoms with Crippen molar-refractivity contribution in [3.05, 3.63) is 35.4 Å². The highest BCUT2D eigenvalue weighted by atomic mass is 19.2. The maximum Gasteiger partial charge on any atom is 0.224 e. The van der Waals surface area contributed by atoms with E-state index in [-0.39, 0.29) is 23.8 Å². The van der Waals surface area contributed by atoms with Crippen LogP contribution in [0.3, 0.4) is 0 Å². The standard InChI is InChI=1S/C16H20F2N2O/c1-9-4-5-19-8-15(9)20-16(21)12-7-11(12)10-2-3-13(17)14(18)6-10/h2-3,6,9,11-12,15,19H,4-5,7-8H2,1H3,(H,20,21). The molecule has 1 aromatic rings. The molecule has 114 valence electrons. The first-order valence-corrected chi connectivity index (χ1v) is 7.52. The van der Waals surface area contributed by atoms with Gasteiger partial charge in [-0.15, -0.1) is 0 Å². The van der Waals surface area contributed by atoms with E-state index in [0.29, 0.717) is 17.9 Å². The molecule has 0 aromatic heterocycles. The van der Waals surface area contributed by atoms with Crippen molar-refractivity contribution in [3.8, 4) is 0 Å². The second-order valence-electron chi connectivity index (χ2n) is 6.21. The van der Waals surface area contributed by atoms with Crippen molar-refractivity contribution in [1.29, 1.82) is 0 Å². The van der Waals surface area contributed by atoms with Crippen molar-refractivity contribution < 1.29 is 13.6 Å². The fraction of sp³-hybridized carbons (Fsp3) is 0.562. The molecule has 1 saturated heterocycles. The molecule has 5 heteroatoms. The smallest absolute Gasteiger partial charge is 0.224 e. The molecule has 4 atom stereocenters. The van der Waals surface area contributed by atoms with Gasteiger partial charge in [-0.3, -0.25) is 4.79 Å². The molecule has 1 heterocycles. The molecular weight excluding hydrogens is 274 g/mol. The summed E-state index contributed by atoms with van der Waals surface area (Å²) in [5.41, 5.74) is 0.712. The van der Waals surface area contributed by atoms with E-state index in [9.17, 15) is 13.6 Å². The van der Waals surface area contributed by atoms with Gasteiger partial charge < -0.3 is 10.6 Å². The summed E-state index contributed by atoms with van der Waals surface area (Å²) in [4.78, 5) is 12.2. The summed E-state index contributed by atoms with van der Waals surface area (Å²) in [6, 6.07) is 4.07. The van der Waals surface area contributed by atoms with Gasteiger partial charge in [0.25, 0.3) is 0 Å². The van der Waals surface area contributed by atoms with Crippen molar-refractivity contribution in [2.45, 2.75) is 31.7 Å². The predicted molar refractivity (Wildman–Crippen MR) is 75.8 cm³/mol. The normalized spacial score (nSPS) is 31.8. The molecule has 21 heavy (non-hydrogen) atoms. The average Bonchev–Trinajstić information content (AvgIpc) is 3.25. The minimum atomic E-state index is -0.845. The summed E-state index contributed by atoms with van der Waals surface area (Å²) < 4.78 is 26.2. The van der Waals surface area contributed by atoms with Crippen molar-refractivity contribution in [1.82, 2.24) is 10.6 Å². The zero-order chi connectivity index (χ0) is 15.0. The third-order valence-electron chi connectivity index (χ3n) is 4.65. The molecule has 4 unspecified atom stereocenters. The fourth-order valence-corrected chi connectivity index (χ4v) is 3.07. The summed E-state index contributed by atoms with van der Waals surface area (Å²) in [6.45, 7) is 3.94. The first-order chi connectivity index (χ1) is 10.1. The maximum atomic E-state index is 13.2. The minimum Gasteiger partial charge on any atom is -0.352 e. The average molecular weight is 294 g/mol. The summed E-state index contributed by atoms with van der Waals surface area (Å²) >= 11 is 0. The lowest BCUT2D eigenvalue weighted by Crippen LogP contribution is -2.50. The summed E-state index contributed by atoms with van der Waals surface area (Å²) in [6.07, 6.45) is 1.77. The zero-order valence-corrected chi connectivity index (χ0v) is 12.0. The van der Waals surface area contributed by atoms with Gasteiger partial charge in [0.2, 0.25) is 5.91 Å². The molecule has 1 aliphatic heterocycles. The number of hydrogen-bond donors (Lipinski definition) is 2. The van der Waals surface area contributed by atoms with E-state index in [1.54, 1.807) is 6.07 Å². The molecule has 1 saturated carbocycles. The Balaban J connectivity index is 1.59. The lowest BCUT2D eigenvalue weighted by Gasteiger charge is -2.30. The molecule has 0 bridgehead atoms. The van der Waals surface area contributed by atoms with Gasteiger partial charge in [-0.25, -0.2) is 8.78 Å². The highest BCUT2D eigenvalue weighted by Crippen LogP contribution is 2.47. The van der Waals surface area contributed by atoms with Crippen LogP contribution >= 0.6 is 0 Å². The number of halogens is 2. The molecule has 0 spiro atoms. The van der Waals surface area contributed by atoms with Crippen molar-refractivity contribution in [2.75, 3.05) is 13.1 Å². The fourth-order valence-electron chi connectivity index (χ4n) is 3.07. The number of benzene rings is 1. The second-order valence-corrected chi connectivity index (χ2v) is 6.21. The van der Waals surface area contributed by atoms with Crippen LogP contribution in [0.2, 0.25) is 0 Å². The molecular formula is C16H20F2N2O. The minimum absolute atomic E-state index is 0.0203. The van der Waals surface area contributed by atoms with E-state index in [1.165, 1.54) is 6.07 Å². The Morgan fingerprint density at radius 3 is 2.86 bits per heavy atom. The first-order valence-electron chi connectivity index (χ1n) is 7.52. The number of piperidine rings is 1. The van der Waals surface area contributed by atoms with E-state index >= 15 is 0 Å². The zero-order valence-electron chi connectivity index (χ0n) is 12.0. The van der Waals surface area contributed by atoms with Crippen LogP contribution in [0, 0.1) is 23.5 Å². The van der Waals surface area contributed by atoms with Gasteiger partial charge in [0.05, 0.1) is 0 Å². The predicted octanol–water partition coefficient (Wildman–Crippen LogP) is 2.18. The van der Waals surface area contributed by atoms with Crippen LogP contribution in [-0.4, -0.2) is 25.0 Å². The first kappa shape index (κ1) is 14.4. The topological polar surface area (TPSA) is 41.1 Å². The van der Waals surface area contributed by atoms with Crippen molar-refractivity contribution in [3.63, 3.8) is 0 Å². The van der Waals surface area contributed by atoms with Gasteiger partial charge in [0.15, 0.2) is 11.6 Å². The molecule has 3 rings (SSSR count). The molecule has 3 nitrogen and oxygen atoms in total. The summed E-state index contributed by atoms with van der Waals surface area (Å²) in [7, 11) is 0. The van der Waals surface area contributed by atoms with E-state index < -0.39 is 11.6 Å². The lowest BCUT2D eigenvalue weighted by molar-refractivity contribution is -0.123. The van der Waals surface area contributed by atoms with Gasteiger partial charge in [0, 0.05) is 18.5 Å². The molecule has 1 amide bonds.